The number of carbonyl (C=O) groups is 1. The van der Waals surface area contributed by atoms with Gasteiger partial charge in [0.2, 0.25) is 5.91 Å². The maximum atomic E-state index is 11.6. The first-order valence-electron chi connectivity index (χ1n) is 6.54. The van der Waals surface area contributed by atoms with E-state index in [0.29, 0.717) is 18.9 Å². The van der Waals surface area contributed by atoms with E-state index in [1.165, 1.54) is 5.56 Å². The van der Waals surface area contributed by atoms with Crippen LogP contribution >= 0.6 is 11.6 Å². The molecule has 1 unspecified atom stereocenters. The van der Waals surface area contributed by atoms with E-state index in [0.717, 1.165) is 12.8 Å². The van der Waals surface area contributed by atoms with Crippen molar-refractivity contribution >= 4 is 17.5 Å². The summed E-state index contributed by atoms with van der Waals surface area (Å²) in [5, 5.41) is 2.90. The number of benzene rings is 1. The highest BCUT2D eigenvalue weighted by molar-refractivity contribution is 6.21. The number of hydrogen-bond donors (Lipinski definition) is 1. The Morgan fingerprint density at radius 2 is 1.94 bits per heavy atom. The number of nitrogens with one attached hydrogen (secondary N) is 1. The molecule has 0 fully saturated rings. The highest BCUT2D eigenvalue weighted by Gasteiger charge is 2.10. The lowest BCUT2D eigenvalue weighted by molar-refractivity contribution is -0.121. The molecule has 0 aliphatic rings. The summed E-state index contributed by atoms with van der Waals surface area (Å²) in [5.74, 6) is 0.480. The van der Waals surface area contributed by atoms with Gasteiger partial charge in [0.05, 0.1) is 5.38 Å². The van der Waals surface area contributed by atoms with Crippen LogP contribution < -0.4 is 5.32 Å². The van der Waals surface area contributed by atoms with Crippen LogP contribution in [0.1, 0.15) is 32.3 Å². The summed E-state index contributed by atoms with van der Waals surface area (Å²) in [6.07, 6.45) is 2.39. The molecule has 0 aliphatic carbocycles. The Morgan fingerprint density at radius 3 is 2.56 bits per heavy atom. The van der Waals surface area contributed by atoms with Crippen LogP contribution in [-0.2, 0) is 11.2 Å². The molecule has 0 saturated heterocycles. The van der Waals surface area contributed by atoms with Crippen molar-refractivity contribution in [2.45, 2.75) is 38.5 Å². The van der Waals surface area contributed by atoms with E-state index in [2.05, 4.69) is 31.3 Å². The van der Waals surface area contributed by atoms with Gasteiger partial charge in [0.1, 0.15) is 0 Å². The summed E-state index contributed by atoms with van der Waals surface area (Å²) in [7, 11) is 0. The molecule has 18 heavy (non-hydrogen) atoms. The second-order valence-electron chi connectivity index (χ2n) is 4.90. The van der Waals surface area contributed by atoms with Crippen molar-refractivity contribution in [1.82, 2.24) is 5.32 Å². The smallest absolute Gasteiger partial charge is 0.220 e. The SMILES string of the molecule is CC(C)C(Cl)CNC(=O)CCCc1ccccc1. The first-order valence-corrected chi connectivity index (χ1v) is 6.98. The standard InChI is InChI=1S/C15H22ClNO/c1-12(2)14(16)11-17-15(18)10-6-9-13-7-4-3-5-8-13/h3-5,7-8,12,14H,6,9-11H2,1-2H3,(H,17,18). The minimum absolute atomic E-state index is 0.0167. The van der Waals surface area contributed by atoms with Crippen LogP contribution in [0.3, 0.4) is 0 Å². The van der Waals surface area contributed by atoms with Crippen molar-refractivity contribution < 1.29 is 4.79 Å². The van der Waals surface area contributed by atoms with Gasteiger partial charge in [0.15, 0.2) is 0 Å². The zero-order valence-electron chi connectivity index (χ0n) is 11.2. The number of aryl methyl sites for hydroxylation is 1. The summed E-state index contributed by atoms with van der Waals surface area (Å²) in [6.45, 7) is 4.67. The third-order valence-electron chi connectivity index (χ3n) is 2.93. The average molecular weight is 268 g/mol. The lowest BCUT2D eigenvalue weighted by Crippen LogP contribution is -2.31. The van der Waals surface area contributed by atoms with Crippen LogP contribution in [0.2, 0.25) is 0 Å². The fourth-order valence-corrected chi connectivity index (χ4v) is 1.71. The molecule has 1 rings (SSSR count). The van der Waals surface area contributed by atoms with E-state index in [4.69, 9.17) is 11.6 Å². The second-order valence-corrected chi connectivity index (χ2v) is 5.46. The lowest BCUT2D eigenvalue weighted by atomic mass is 10.1. The number of amides is 1. The van der Waals surface area contributed by atoms with E-state index < -0.39 is 0 Å². The van der Waals surface area contributed by atoms with Gasteiger partial charge in [-0.25, -0.2) is 0 Å². The lowest BCUT2D eigenvalue weighted by Gasteiger charge is -2.13. The van der Waals surface area contributed by atoms with Gasteiger partial charge in [-0.3, -0.25) is 4.79 Å². The molecule has 1 aromatic carbocycles. The number of rotatable bonds is 7. The van der Waals surface area contributed by atoms with Crippen molar-refractivity contribution in [3.63, 3.8) is 0 Å². The maximum Gasteiger partial charge on any atom is 0.220 e. The molecule has 3 heteroatoms. The second kappa shape index (κ2) is 8.15. The third kappa shape index (κ3) is 6.06. The van der Waals surface area contributed by atoms with E-state index in [1.807, 2.05) is 18.2 Å². The molecule has 100 valence electrons. The van der Waals surface area contributed by atoms with Crippen LogP contribution in [-0.4, -0.2) is 17.8 Å². The summed E-state index contributed by atoms with van der Waals surface area (Å²) in [5.41, 5.74) is 1.28. The van der Waals surface area contributed by atoms with Crippen molar-refractivity contribution in [3.05, 3.63) is 35.9 Å². The molecule has 1 atom stereocenters. The maximum absolute atomic E-state index is 11.6. The van der Waals surface area contributed by atoms with Gasteiger partial charge in [-0.15, -0.1) is 11.6 Å². The molecule has 1 aromatic rings. The monoisotopic (exact) mass is 267 g/mol. The molecular weight excluding hydrogens is 246 g/mol. The first kappa shape index (κ1) is 15.0. The zero-order valence-corrected chi connectivity index (χ0v) is 11.9. The van der Waals surface area contributed by atoms with Crippen molar-refractivity contribution in [1.29, 1.82) is 0 Å². The van der Waals surface area contributed by atoms with Crippen molar-refractivity contribution in [2.24, 2.45) is 5.92 Å². The molecular formula is C15H22ClNO. The minimum atomic E-state index is 0.0167. The van der Waals surface area contributed by atoms with E-state index >= 15 is 0 Å². The minimum Gasteiger partial charge on any atom is -0.355 e. The van der Waals surface area contributed by atoms with Crippen LogP contribution in [0.5, 0.6) is 0 Å². The van der Waals surface area contributed by atoms with Crippen LogP contribution in [0.15, 0.2) is 30.3 Å². The van der Waals surface area contributed by atoms with E-state index in [9.17, 15) is 4.79 Å². The Hall–Kier alpha value is -1.02. The van der Waals surface area contributed by atoms with Gasteiger partial charge in [-0.1, -0.05) is 44.2 Å². The number of carbonyl (C=O) groups excluding carboxylic acids is 1. The Kier molecular flexibility index (Phi) is 6.81. The number of hydrogen-bond acceptors (Lipinski definition) is 1. The Labute approximate surface area is 115 Å². The van der Waals surface area contributed by atoms with Crippen LogP contribution in [0.25, 0.3) is 0 Å². The number of alkyl halides is 1. The van der Waals surface area contributed by atoms with E-state index in [1.54, 1.807) is 0 Å². The normalized spacial score (nSPS) is 12.4. The quantitative estimate of drug-likeness (QED) is 0.754. The Bertz CT molecular complexity index is 351. The van der Waals surface area contributed by atoms with Crippen molar-refractivity contribution in [2.75, 3.05) is 6.54 Å². The fourth-order valence-electron chi connectivity index (χ4n) is 1.63. The molecule has 0 spiro atoms. The molecule has 0 heterocycles. The molecule has 2 nitrogen and oxygen atoms in total. The van der Waals surface area contributed by atoms with E-state index in [-0.39, 0.29) is 11.3 Å². The summed E-state index contributed by atoms with van der Waals surface area (Å²) in [6, 6.07) is 10.2. The van der Waals surface area contributed by atoms with Gasteiger partial charge in [0.25, 0.3) is 0 Å². The molecule has 1 amide bonds. The van der Waals surface area contributed by atoms with Gasteiger partial charge in [-0.2, -0.15) is 0 Å². The molecule has 0 radical (unpaired) electrons. The summed E-state index contributed by atoms with van der Waals surface area (Å²) < 4.78 is 0. The Balaban J connectivity index is 2.14. The summed E-state index contributed by atoms with van der Waals surface area (Å²) in [4.78, 5) is 11.6. The van der Waals surface area contributed by atoms with Crippen LogP contribution in [0.4, 0.5) is 0 Å². The largest absolute Gasteiger partial charge is 0.355 e. The molecule has 1 N–H and O–H groups in total. The topological polar surface area (TPSA) is 29.1 Å². The van der Waals surface area contributed by atoms with Gasteiger partial charge in [-0.05, 0) is 24.3 Å². The van der Waals surface area contributed by atoms with Gasteiger partial charge >= 0.3 is 0 Å². The van der Waals surface area contributed by atoms with Crippen LogP contribution in [0, 0.1) is 5.92 Å². The molecule has 0 aromatic heterocycles. The number of halogens is 1. The zero-order chi connectivity index (χ0) is 13.4. The highest BCUT2D eigenvalue weighted by Crippen LogP contribution is 2.08. The molecule has 0 saturated carbocycles. The van der Waals surface area contributed by atoms with Gasteiger partial charge in [0, 0.05) is 13.0 Å². The molecule has 0 bridgehead atoms. The first-order chi connectivity index (χ1) is 8.59. The molecule has 0 aliphatic heterocycles. The predicted molar refractivity (Wildman–Crippen MR) is 76.9 cm³/mol. The predicted octanol–water partition coefficient (Wildman–Crippen LogP) is 3.39. The summed E-state index contributed by atoms with van der Waals surface area (Å²) >= 11 is 6.08. The van der Waals surface area contributed by atoms with Crippen molar-refractivity contribution in [3.8, 4) is 0 Å². The third-order valence-corrected chi connectivity index (χ3v) is 3.59. The highest BCUT2D eigenvalue weighted by atomic mass is 35.5. The average Bonchev–Trinajstić information content (AvgIpc) is 2.37. The Morgan fingerprint density at radius 1 is 1.28 bits per heavy atom. The van der Waals surface area contributed by atoms with Gasteiger partial charge < -0.3 is 5.32 Å². The fraction of sp³-hybridized carbons (Fsp3) is 0.533.